The largest absolute Gasteiger partial charge is 0.394 e. The van der Waals surface area contributed by atoms with Crippen molar-refractivity contribution in [1.29, 1.82) is 0 Å². The Labute approximate surface area is 182 Å². The molecule has 0 spiro atoms. The molecule has 3 N–H and O–H groups in total. The van der Waals surface area contributed by atoms with Gasteiger partial charge in [-0.05, 0) is 36.6 Å². The summed E-state index contributed by atoms with van der Waals surface area (Å²) in [6, 6.07) is 22.1. The highest BCUT2D eigenvalue weighted by Gasteiger charge is 2.44. The van der Waals surface area contributed by atoms with E-state index in [-0.39, 0.29) is 6.10 Å². The number of benzene rings is 2. The van der Waals surface area contributed by atoms with E-state index in [1.165, 1.54) is 29.6 Å². The predicted molar refractivity (Wildman–Crippen MR) is 128 cm³/mol. The van der Waals surface area contributed by atoms with Gasteiger partial charge in [0.2, 0.25) is 0 Å². The monoisotopic (exact) mass is 455 g/mol. The Morgan fingerprint density at radius 3 is 1.60 bits per heavy atom. The van der Waals surface area contributed by atoms with Gasteiger partial charge >= 0.3 is 10.4 Å². The lowest BCUT2D eigenvalue weighted by molar-refractivity contribution is 0.0815. The van der Waals surface area contributed by atoms with Crippen LogP contribution in [0.15, 0.2) is 60.7 Å². The summed E-state index contributed by atoms with van der Waals surface area (Å²) in [5.41, 5.74) is 0. The molecule has 30 heavy (non-hydrogen) atoms. The molecule has 2 unspecified atom stereocenters. The second-order valence-electron chi connectivity index (χ2n) is 8.06. The summed E-state index contributed by atoms with van der Waals surface area (Å²) in [6.45, 7) is 8.75. The third-order valence-electron chi connectivity index (χ3n) is 5.26. The maximum Gasteiger partial charge on any atom is 0.394 e. The van der Waals surface area contributed by atoms with Crippen LogP contribution in [0.1, 0.15) is 40.5 Å². The predicted octanol–water partition coefficient (Wildman–Crippen LogP) is 4.46. The summed E-state index contributed by atoms with van der Waals surface area (Å²) < 4.78 is 31.6. The first kappa shape index (κ1) is 26.7. The van der Waals surface area contributed by atoms with Crippen molar-refractivity contribution >= 4 is 28.3 Å². The van der Waals surface area contributed by atoms with Crippen LogP contribution >= 0.6 is 7.26 Å². The van der Waals surface area contributed by atoms with Crippen LogP contribution in [-0.4, -0.2) is 41.1 Å². The molecule has 0 aliphatic rings. The van der Waals surface area contributed by atoms with E-state index in [2.05, 4.69) is 88.4 Å². The van der Waals surface area contributed by atoms with Crippen LogP contribution in [-0.2, 0) is 10.4 Å². The number of rotatable bonds is 9. The van der Waals surface area contributed by atoms with E-state index in [0.717, 1.165) is 6.16 Å². The molecule has 0 radical (unpaired) electrons. The van der Waals surface area contributed by atoms with Crippen LogP contribution < -0.4 is 10.6 Å². The molecule has 2 aromatic rings. The summed E-state index contributed by atoms with van der Waals surface area (Å²) in [4.78, 5) is 0. The van der Waals surface area contributed by atoms with E-state index in [4.69, 9.17) is 17.5 Å². The van der Waals surface area contributed by atoms with Crippen molar-refractivity contribution in [3.63, 3.8) is 0 Å². The van der Waals surface area contributed by atoms with Gasteiger partial charge in [0.1, 0.15) is 0 Å². The quantitative estimate of drug-likeness (QED) is 0.383. The van der Waals surface area contributed by atoms with E-state index in [1.54, 1.807) is 0 Å². The Bertz CT molecular complexity index is 778. The van der Waals surface area contributed by atoms with E-state index < -0.39 is 17.7 Å². The second-order valence-corrected chi connectivity index (χ2v) is 12.7. The molecule has 2 atom stereocenters. The average molecular weight is 456 g/mol. The molecular formula is C23H36O5PS+. The fraction of sp³-hybridized carbons (Fsp3) is 0.478. The number of aliphatic hydroxyl groups is 1. The Morgan fingerprint density at radius 1 is 0.867 bits per heavy atom. The Hall–Kier alpha value is -1.30. The molecule has 0 aromatic heterocycles. The van der Waals surface area contributed by atoms with Gasteiger partial charge in [-0.1, -0.05) is 70.5 Å². The maximum absolute atomic E-state index is 10.7. The summed E-state index contributed by atoms with van der Waals surface area (Å²) in [6.07, 6.45) is 4.52. The fourth-order valence-corrected chi connectivity index (χ4v) is 8.78. The lowest BCUT2D eigenvalue weighted by Crippen LogP contribution is -2.35. The number of hydrogen-bond donors (Lipinski definition) is 3. The van der Waals surface area contributed by atoms with Crippen molar-refractivity contribution < 1.29 is 22.6 Å². The molecule has 0 saturated heterocycles. The second kappa shape index (κ2) is 12.5. The first-order valence-electron chi connectivity index (χ1n) is 10.4. The van der Waals surface area contributed by atoms with Gasteiger partial charge in [0.05, 0.1) is 36.3 Å². The van der Waals surface area contributed by atoms with Gasteiger partial charge in [-0.15, -0.1) is 0 Å². The molecule has 0 saturated carbocycles. The van der Waals surface area contributed by atoms with Crippen LogP contribution in [0.3, 0.4) is 0 Å². The van der Waals surface area contributed by atoms with Crippen molar-refractivity contribution in [2.24, 2.45) is 11.8 Å². The zero-order valence-electron chi connectivity index (χ0n) is 18.3. The summed E-state index contributed by atoms with van der Waals surface area (Å²) >= 11 is 0. The smallest absolute Gasteiger partial charge is 0.392 e. The molecule has 2 rings (SSSR count). The van der Waals surface area contributed by atoms with Gasteiger partial charge < -0.3 is 5.11 Å². The van der Waals surface area contributed by atoms with Gasteiger partial charge in [-0.3, -0.25) is 9.11 Å². The zero-order chi connectivity index (χ0) is 22.8. The molecule has 7 heteroatoms. The Kier molecular flexibility index (Phi) is 11.2. The molecule has 0 bridgehead atoms. The zero-order valence-corrected chi connectivity index (χ0v) is 20.1. The first-order valence-corrected chi connectivity index (χ1v) is 13.9. The number of aliphatic hydroxyl groups excluding tert-OH is 1. The van der Waals surface area contributed by atoms with Crippen molar-refractivity contribution in [2.45, 2.75) is 46.6 Å². The van der Waals surface area contributed by atoms with Crippen LogP contribution in [0, 0.1) is 11.8 Å². The highest BCUT2D eigenvalue weighted by Crippen LogP contribution is 2.58. The van der Waals surface area contributed by atoms with Crippen LogP contribution in [0.4, 0.5) is 0 Å². The van der Waals surface area contributed by atoms with E-state index in [0.29, 0.717) is 11.8 Å². The summed E-state index contributed by atoms with van der Waals surface area (Å²) in [5.74, 6) is 0.597. The molecule has 5 nitrogen and oxygen atoms in total. The summed E-state index contributed by atoms with van der Waals surface area (Å²) in [7, 11) is -6.19. The third-order valence-corrected chi connectivity index (χ3v) is 10.1. The average Bonchev–Trinajstić information content (AvgIpc) is 2.70. The van der Waals surface area contributed by atoms with Crippen molar-refractivity contribution in [3.05, 3.63) is 60.7 Å². The SMILES string of the molecule is CCCC[P+](CC(C)C(O)C(C)C)(c1ccccc1)c1ccccc1.O=S(=O)(O)O. The van der Waals surface area contributed by atoms with Crippen molar-refractivity contribution in [2.75, 3.05) is 12.3 Å². The Morgan fingerprint density at radius 2 is 1.27 bits per heavy atom. The maximum atomic E-state index is 10.7. The minimum absolute atomic E-state index is 0.242. The minimum Gasteiger partial charge on any atom is -0.392 e. The molecular weight excluding hydrogens is 419 g/mol. The minimum atomic E-state index is -4.67. The molecule has 0 aliphatic carbocycles. The Balaban J connectivity index is 0.000000804. The van der Waals surface area contributed by atoms with Gasteiger partial charge in [0.15, 0.2) is 0 Å². The molecule has 168 valence electrons. The number of hydrogen-bond acceptors (Lipinski definition) is 3. The molecule has 0 amide bonds. The van der Waals surface area contributed by atoms with Gasteiger partial charge in [0, 0.05) is 5.92 Å². The molecule has 0 fully saturated rings. The normalized spacial score (nSPS) is 14.0. The summed E-state index contributed by atoms with van der Waals surface area (Å²) in [5, 5.41) is 13.7. The highest BCUT2D eigenvalue weighted by atomic mass is 32.3. The number of unbranched alkanes of at least 4 members (excludes halogenated alkanes) is 1. The fourth-order valence-electron chi connectivity index (χ4n) is 3.82. The molecule has 0 heterocycles. The molecule has 0 aliphatic heterocycles. The van der Waals surface area contributed by atoms with E-state index in [9.17, 15) is 5.11 Å². The van der Waals surface area contributed by atoms with Crippen LogP contribution in [0.5, 0.6) is 0 Å². The molecule has 2 aromatic carbocycles. The lowest BCUT2D eigenvalue weighted by atomic mass is 9.97. The van der Waals surface area contributed by atoms with Crippen molar-refractivity contribution in [3.8, 4) is 0 Å². The van der Waals surface area contributed by atoms with E-state index >= 15 is 0 Å². The topological polar surface area (TPSA) is 94.8 Å². The van der Waals surface area contributed by atoms with Gasteiger partial charge in [-0.25, -0.2) is 0 Å². The standard InChI is InChI=1S/C23H34OP.H2O4S/c1-5-6-17-25(21-13-9-7-10-14-21,22-15-11-8-12-16-22)18-20(4)23(24)19(2)3;1-5(2,3)4/h7-16,19-20,23-24H,5-6,17-18H2,1-4H3;(H2,1,2,3,4)/q+1;. The van der Waals surface area contributed by atoms with Crippen molar-refractivity contribution in [1.82, 2.24) is 0 Å². The van der Waals surface area contributed by atoms with Crippen LogP contribution in [0.2, 0.25) is 0 Å². The van der Waals surface area contributed by atoms with E-state index in [1.807, 2.05) is 0 Å². The van der Waals surface area contributed by atoms with Crippen LogP contribution in [0.25, 0.3) is 0 Å². The van der Waals surface area contributed by atoms with Gasteiger partial charge in [-0.2, -0.15) is 8.42 Å². The lowest BCUT2D eigenvalue weighted by Gasteiger charge is -2.32. The first-order chi connectivity index (χ1) is 14.0. The van der Waals surface area contributed by atoms with Gasteiger partial charge in [0.25, 0.3) is 0 Å². The third kappa shape index (κ3) is 8.83. The highest BCUT2D eigenvalue weighted by molar-refractivity contribution is 7.89.